The molecule has 0 radical (unpaired) electrons. The predicted molar refractivity (Wildman–Crippen MR) is 81.6 cm³/mol. The lowest BCUT2D eigenvalue weighted by Crippen LogP contribution is -2.34. The lowest BCUT2D eigenvalue weighted by Gasteiger charge is -2.08. The van der Waals surface area contributed by atoms with E-state index in [9.17, 15) is 4.79 Å². The highest BCUT2D eigenvalue weighted by molar-refractivity contribution is 5.89. The number of nitrogens with one attached hydrogen (secondary N) is 3. The van der Waals surface area contributed by atoms with Gasteiger partial charge in [0.05, 0.1) is 0 Å². The Balaban J connectivity index is 1.58. The van der Waals surface area contributed by atoms with Gasteiger partial charge < -0.3 is 16.0 Å². The number of carbonyl (C=O) groups excluding carboxylic acids is 1. The van der Waals surface area contributed by atoms with E-state index in [1.54, 1.807) is 0 Å². The first-order chi connectivity index (χ1) is 9.84. The van der Waals surface area contributed by atoms with Gasteiger partial charge in [0.2, 0.25) is 0 Å². The van der Waals surface area contributed by atoms with E-state index in [-0.39, 0.29) is 6.03 Å². The zero-order valence-electron chi connectivity index (χ0n) is 11.3. The van der Waals surface area contributed by atoms with Crippen molar-refractivity contribution in [2.24, 2.45) is 0 Å². The largest absolute Gasteiger partial charge is 0.337 e. The van der Waals surface area contributed by atoms with Crippen LogP contribution in [0.1, 0.15) is 5.56 Å². The lowest BCUT2D eigenvalue weighted by molar-refractivity contribution is 0.252. The van der Waals surface area contributed by atoms with Crippen molar-refractivity contribution in [3.8, 4) is 0 Å². The number of urea groups is 1. The molecular formula is C16H19N3O. The highest BCUT2D eigenvalue weighted by Gasteiger charge is 1.99. The van der Waals surface area contributed by atoms with Crippen molar-refractivity contribution >= 4 is 11.7 Å². The summed E-state index contributed by atoms with van der Waals surface area (Å²) in [5.74, 6) is 0. The second-order valence-corrected chi connectivity index (χ2v) is 4.41. The summed E-state index contributed by atoms with van der Waals surface area (Å²) < 4.78 is 0. The van der Waals surface area contributed by atoms with E-state index in [0.29, 0.717) is 6.54 Å². The van der Waals surface area contributed by atoms with Crippen LogP contribution < -0.4 is 16.0 Å². The minimum atomic E-state index is -0.183. The molecule has 0 unspecified atom stereocenters. The summed E-state index contributed by atoms with van der Waals surface area (Å²) in [4.78, 5) is 11.6. The van der Waals surface area contributed by atoms with Gasteiger partial charge in [-0.05, 0) is 17.7 Å². The van der Waals surface area contributed by atoms with Crippen molar-refractivity contribution in [1.29, 1.82) is 0 Å². The number of rotatable bonds is 6. The van der Waals surface area contributed by atoms with Gasteiger partial charge in [-0.2, -0.15) is 0 Å². The van der Waals surface area contributed by atoms with Crippen LogP contribution in [0.25, 0.3) is 0 Å². The Morgan fingerprint density at radius 3 is 2.20 bits per heavy atom. The molecule has 0 aliphatic rings. The van der Waals surface area contributed by atoms with Crippen molar-refractivity contribution in [3.63, 3.8) is 0 Å². The zero-order valence-corrected chi connectivity index (χ0v) is 11.3. The fourth-order valence-electron chi connectivity index (χ4n) is 1.79. The molecule has 0 aliphatic heterocycles. The normalized spacial score (nSPS) is 10.0. The topological polar surface area (TPSA) is 53.2 Å². The van der Waals surface area contributed by atoms with Crippen LogP contribution in [0, 0.1) is 0 Å². The summed E-state index contributed by atoms with van der Waals surface area (Å²) in [5.41, 5.74) is 2.03. The molecule has 0 saturated carbocycles. The summed E-state index contributed by atoms with van der Waals surface area (Å²) in [7, 11) is 0. The Kier molecular flexibility index (Phi) is 5.61. The Bertz CT molecular complexity index is 514. The van der Waals surface area contributed by atoms with Crippen LogP contribution in [0.5, 0.6) is 0 Å². The number of benzene rings is 2. The Morgan fingerprint density at radius 1 is 0.850 bits per heavy atom. The van der Waals surface area contributed by atoms with Gasteiger partial charge >= 0.3 is 6.03 Å². The van der Waals surface area contributed by atoms with Gasteiger partial charge in [-0.15, -0.1) is 0 Å². The second kappa shape index (κ2) is 7.96. The third-order valence-corrected chi connectivity index (χ3v) is 2.79. The van der Waals surface area contributed by atoms with E-state index in [0.717, 1.165) is 18.8 Å². The van der Waals surface area contributed by atoms with E-state index < -0.39 is 0 Å². The molecule has 0 saturated heterocycles. The van der Waals surface area contributed by atoms with Gasteiger partial charge in [0, 0.05) is 25.3 Å². The molecule has 0 heterocycles. The molecule has 3 N–H and O–H groups in total. The molecule has 20 heavy (non-hydrogen) atoms. The van der Waals surface area contributed by atoms with Crippen LogP contribution in [-0.2, 0) is 6.54 Å². The molecule has 0 aromatic heterocycles. The van der Waals surface area contributed by atoms with Gasteiger partial charge in [-0.3, -0.25) is 0 Å². The molecule has 0 fully saturated rings. The fraction of sp³-hybridized carbons (Fsp3) is 0.188. The van der Waals surface area contributed by atoms with Crippen LogP contribution in [0.4, 0.5) is 10.5 Å². The molecule has 2 rings (SSSR count). The standard InChI is InChI=1S/C16H19N3O/c20-16(19-15-9-5-2-6-10-15)18-12-11-17-13-14-7-3-1-4-8-14/h1-10,17H,11-13H2,(H2,18,19,20). The zero-order chi connectivity index (χ0) is 14.0. The van der Waals surface area contributed by atoms with Gasteiger partial charge in [0.25, 0.3) is 0 Å². The summed E-state index contributed by atoms with van der Waals surface area (Å²) in [6.45, 7) is 2.13. The highest BCUT2D eigenvalue weighted by Crippen LogP contribution is 2.03. The molecule has 2 aromatic carbocycles. The van der Waals surface area contributed by atoms with Gasteiger partial charge in [0.1, 0.15) is 0 Å². The first kappa shape index (κ1) is 14.1. The average Bonchev–Trinajstić information content (AvgIpc) is 2.49. The molecule has 4 nitrogen and oxygen atoms in total. The molecule has 0 bridgehead atoms. The maximum absolute atomic E-state index is 11.6. The third kappa shape index (κ3) is 5.12. The number of para-hydroxylation sites is 1. The molecular weight excluding hydrogens is 250 g/mol. The van der Waals surface area contributed by atoms with Crippen molar-refractivity contribution in [2.75, 3.05) is 18.4 Å². The first-order valence-corrected chi connectivity index (χ1v) is 6.69. The SMILES string of the molecule is O=C(NCCNCc1ccccc1)Nc1ccccc1. The monoisotopic (exact) mass is 269 g/mol. The molecule has 0 aliphatic carbocycles. The number of anilines is 1. The van der Waals surface area contributed by atoms with Crippen LogP contribution in [0.15, 0.2) is 60.7 Å². The Labute approximate surface area is 119 Å². The maximum Gasteiger partial charge on any atom is 0.319 e. The van der Waals surface area contributed by atoms with Crippen LogP contribution >= 0.6 is 0 Å². The molecule has 104 valence electrons. The van der Waals surface area contributed by atoms with Crippen LogP contribution in [0.2, 0.25) is 0 Å². The summed E-state index contributed by atoms with van der Waals surface area (Å²) in [6, 6.07) is 19.4. The fourth-order valence-corrected chi connectivity index (χ4v) is 1.79. The van der Waals surface area contributed by atoms with E-state index >= 15 is 0 Å². The van der Waals surface area contributed by atoms with Gasteiger partial charge in [0.15, 0.2) is 0 Å². The predicted octanol–water partition coefficient (Wildman–Crippen LogP) is 2.60. The third-order valence-electron chi connectivity index (χ3n) is 2.79. The lowest BCUT2D eigenvalue weighted by atomic mass is 10.2. The number of amides is 2. The molecule has 2 amide bonds. The number of hydrogen-bond donors (Lipinski definition) is 3. The number of hydrogen-bond acceptors (Lipinski definition) is 2. The molecule has 0 spiro atoms. The smallest absolute Gasteiger partial charge is 0.319 e. The van der Waals surface area contributed by atoms with Crippen molar-refractivity contribution in [1.82, 2.24) is 10.6 Å². The van der Waals surface area contributed by atoms with E-state index in [2.05, 4.69) is 28.1 Å². The summed E-state index contributed by atoms with van der Waals surface area (Å²) >= 11 is 0. The van der Waals surface area contributed by atoms with E-state index in [1.165, 1.54) is 5.56 Å². The summed E-state index contributed by atoms with van der Waals surface area (Å²) in [6.07, 6.45) is 0. The highest BCUT2D eigenvalue weighted by atomic mass is 16.2. The first-order valence-electron chi connectivity index (χ1n) is 6.69. The van der Waals surface area contributed by atoms with Crippen molar-refractivity contribution in [3.05, 3.63) is 66.2 Å². The Hall–Kier alpha value is -2.33. The average molecular weight is 269 g/mol. The van der Waals surface area contributed by atoms with Gasteiger partial charge in [-0.1, -0.05) is 48.5 Å². The van der Waals surface area contributed by atoms with Crippen molar-refractivity contribution < 1.29 is 4.79 Å². The second-order valence-electron chi connectivity index (χ2n) is 4.41. The minimum absolute atomic E-state index is 0.183. The minimum Gasteiger partial charge on any atom is -0.337 e. The maximum atomic E-state index is 11.6. The van der Waals surface area contributed by atoms with Gasteiger partial charge in [-0.25, -0.2) is 4.79 Å². The van der Waals surface area contributed by atoms with E-state index in [1.807, 2.05) is 48.5 Å². The molecule has 2 aromatic rings. The quantitative estimate of drug-likeness (QED) is 0.706. The molecule has 4 heteroatoms. The Morgan fingerprint density at radius 2 is 1.50 bits per heavy atom. The van der Waals surface area contributed by atoms with E-state index in [4.69, 9.17) is 0 Å². The number of carbonyl (C=O) groups is 1. The molecule has 0 atom stereocenters. The van der Waals surface area contributed by atoms with Crippen molar-refractivity contribution in [2.45, 2.75) is 6.54 Å². The van der Waals surface area contributed by atoms with Crippen LogP contribution in [0.3, 0.4) is 0 Å². The summed E-state index contributed by atoms with van der Waals surface area (Å²) in [5, 5.41) is 8.86. The van der Waals surface area contributed by atoms with Crippen LogP contribution in [-0.4, -0.2) is 19.1 Å².